The Hall–Kier alpha value is -1.68. The van der Waals surface area contributed by atoms with Crippen LogP contribution in [0.5, 0.6) is 0 Å². The fourth-order valence-electron chi connectivity index (χ4n) is 1.66. The molecular formula is C12H15N3O. The fourth-order valence-corrected chi connectivity index (χ4v) is 1.66. The lowest BCUT2D eigenvalue weighted by Gasteiger charge is -2.09. The minimum absolute atomic E-state index is 0.517. The summed E-state index contributed by atoms with van der Waals surface area (Å²) in [5, 5.41) is 14.3. The number of hydrogen-bond acceptors (Lipinski definition) is 3. The molecule has 4 nitrogen and oxygen atoms in total. The Bertz CT molecular complexity index is 479. The van der Waals surface area contributed by atoms with E-state index in [1.165, 1.54) is 0 Å². The third kappa shape index (κ3) is 2.46. The zero-order valence-corrected chi connectivity index (χ0v) is 9.46. The van der Waals surface area contributed by atoms with Crippen LogP contribution in [-0.2, 0) is 13.5 Å². The zero-order chi connectivity index (χ0) is 11.5. The lowest BCUT2D eigenvalue weighted by molar-refractivity contribution is 0.177. The molecule has 2 aromatic rings. The van der Waals surface area contributed by atoms with E-state index >= 15 is 0 Å². The Morgan fingerprint density at radius 3 is 2.88 bits per heavy atom. The van der Waals surface area contributed by atoms with Gasteiger partial charge in [0.25, 0.3) is 0 Å². The Morgan fingerprint density at radius 1 is 1.44 bits per heavy atom. The lowest BCUT2D eigenvalue weighted by Crippen LogP contribution is -2.03. The van der Waals surface area contributed by atoms with Crippen LogP contribution in [-0.4, -0.2) is 19.9 Å². The first-order valence-corrected chi connectivity index (χ1v) is 5.24. The Labute approximate surface area is 94.6 Å². The first-order chi connectivity index (χ1) is 7.65. The second kappa shape index (κ2) is 4.45. The number of aliphatic hydroxyl groups is 1. The van der Waals surface area contributed by atoms with Gasteiger partial charge in [-0.1, -0.05) is 0 Å². The predicted octanol–water partition coefficient (Wildman–Crippen LogP) is 1.40. The number of aryl methyl sites for hydroxylation is 2. The van der Waals surface area contributed by atoms with Gasteiger partial charge in [-0.15, -0.1) is 0 Å². The Kier molecular flexibility index (Phi) is 3.01. The summed E-state index contributed by atoms with van der Waals surface area (Å²) in [6.45, 7) is 1.91. The summed E-state index contributed by atoms with van der Waals surface area (Å²) < 4.78 is 1.74. The van der Waals surface area contributed by atoms with E-state index in [0.29, 0.717) is 6.42 Å². The minimum Gasteiger partial charge on any atom is -0.388 e. The van der Waals surface area contributed by atoms with E-state index in [1.807, 2.05) is 38.4 Å². The van der Waals surface area contributed by atoms with Crippen LogP contribution in [0.3, 0.4) is 0 Å². The summed E-state index contributed by atoms with van der Waals surface area (Å²) >= 11 is 0. The average Bonchev–Trinajstić information content (AvgIpc) is 2.64. The minimum atomic E-state index is -0.517. The molecule has 2 aromatic heterocycles. The smallest absolute Gasteiger partial charge is 0.0847 e. The first-order valence-electron chi connectivity index (χ1n) is 5.24. The van der Waals surface area contributed by atoms with Crippen LogP contribution in [0, 0.1) is 6.92 Å². The molecule has 16 heavy (non-hydrogen) atoms. The van der Waals surface area contributed by atoms with E-state index in [4.69, 9.17) is 0 Å². The van der Waals surface area contributed by atoms with Gasteiger partial charge in [0.2, 0.25) is 0 Å². The van der Waals surface area contributed by atoms with E-state index in [1.54, 1.807) is 10.9 Å². The van der Waals surface area contributed by atoms with Gasteiger partial charge in [-0.3, -0.25) is 9.67 Å². The number of pyridine rings is 1. The second-order valence-electron chi connectivity index (χ2n) is 3.93. The van der Waals surface area contributed by atoms with Crippen molar-refractivity contribution in [2.45, 2.75) is 19.4 Å². The Morgan fingerprint density at radius 2 is 2.25 bits per heavy atom. The number of nitrogens with zero attached hydrogens (tertiary/aromatic N) is 3. The van der Waals surface area contributed by atoms with Gasteiger partial charge in [0, 0.05) is 31.6 Å². The van der Waals surface area contributed by atoms with E-state index in [9.17, 15) is 5.11 Å². The largest absolute Gasteiger partial charge is 0.388 e. The maximum atomic E-state index is 10.0. The van der Waals surface area contributed by atoms with Gasteiger partial charge in [-0.05, 0) is 30.7 Å². The maximum Gasteiger partial charge on any atom is 0.0847 e. The molecule has 0 aliphatic heterocycles. The SMILES string of the molecule is Cc1cc(C(O)Cc2ccn(C)n2)ccn1. The van der Waals surface area contributed by atoms with Crippen molar-refractivity contribution >= 4 is 0 Å². The number of hydrogen-bond donors (Lipinski definition) is 1. The Balaban J connectivity index is 2.11. The number of aliphatic hydroxyl groups excluding tert-OH is 1. The van der Waals surface area contributed by atoms with Crippen molar-refractivity contribution in [3.63, 3.8) is 0 Å². The molecule has 0 aliphatic rings. The van der Waals surface area contributed by atoms with Crippen molar-refractivity contribution in [3.8, 4) is 0 Å². The summed E-state index contributed by atoms with van der Waals surface area (Å²) in [6, 6.07) is 5.64. The molecule has 0 bridgehead atoms. The fraction of sp³-hybridized carbons (Fsp3) is 0.333. The predicted molar refractivity (Wildman–Crippen MR) is 60.8 cm³/mol. The van der Waals surface area contributed by atoms with Crippen LogP contribution in [0.1, 0.15) is 23.1 Å². The molecule has 4 heteroatoms. The zero-order valence-electron chi connectivity index (χ0n) is 9.46. The molecular weight excluding hydrogens is 202 g/mol. The molecule has 0 amide bonds. The van der Waals surface area contributed by atoms with Crippen LogP contribution in [0.15, 0.2) is 30.6 Å². The second-order valence-corrected chi connectivity index (χ2v) is 3.93. The maximum absolute atomic E-state index is 10.0. The first kappa shape index (κ1) is 10.8. The summed E-state index contributed by atoms with van der Waals surface area (Å²) in [5.74, 6) is 0. The number of rotatable bonds is 3. The lowest BCUT2D eigenvalue weighted by atomic mass is 10.1. The van der Waals surface area contributed by atoms with Crippen molar-refractivity contribution in [1.29, 1.82) is 0 Å². The van der Waals surface area contributed by atoms with E-state index in [0.717, 1.165) is 17.0 Å². The highest BCUT2D eigenvalue weighted by atomic mass is 16.3. The van der Waals surface area contributed by atoms with Crippen LogP contribution in [0.4, 0.5) is 0 Å². The molecule has 1 atom stereocenters. The summed E-state index contributed by atoms with van der Waals surface area (Å²) in [4.78, 5) is 4.10. The standard InChI is InChI=1S/C12H15N3O/c1-9-7-10(3-5-13-9)12(16)8-11-4-6-15(2)14-11/h3-7,12,16H,8H2,1-2H3. The molecule has 0 aromatic carbocycles. The van der Waals surface area contributed by atoms with Crippen LogP contribution >= 0.6 is 0 Å². The normalized spacial score (nSPS) is 12.7. The molecule has 0 saturated carbocycles. The topological polar surface area (TPSA) is 50.9 Å². The van der Waals surface area contributed by atoms with Gasteiger partial charge in [0.15, 0.2) is 0 Å². The van der Waals surface area contributed by atoms with Gasteiger partial charge in [-0.25, -0.2) is 0 Å². The molecule has 2 heterocycles. The third-order valence-electron chi connectivity index (χ3n) is 2.48. The van der Waals surface area contributed by atoms with Crippen molar-refractivity contribution in [2.24, 2.45) is 7.05 Å². The molecule has 2 rings (SSSR count). The van der Waals surface area contributed by atoms with Crippen LogP contribution < -0.4 is 0 Å². The molecule has 1 N–H and O–H groups in total. The summed E-state index contributed by atoms with van der Waals surface area (Å²) in [6.07, 6.45) is 3.60. The molecule has 0 spiro atoms. The van der Waals surface area contributed by atoms with Crippen molar-refractivity contribution in [2.75, 3.05) is 0 Å². The molecule has 0 saturated heterocycles. The van der Waals surface area contributed by atoms with Gasteiger partial charge < -0.3 is 5.11 Å². The third-order valence-corrected chi connectivity index (χ3v) is 2.48. The molecule has 0 radical (unpaired) electrons. The van der Waals surface area contributed by atoms with Crippen molar-refractivity contribution < 1.29 is 5.11 Å². The van der Waals surface area contributed by atoms with E-state index in [-0.39, 0.29) is 0 Å². The van der Waals surface area contributed by atoms with Crippen LogP contribution in [0.2, 0.25) is 0 Å². The highest BCUT2D eigenvalue weighted by Crippen LogP contribution is 2.17. The van der Waals surface area contributed by atoms with Gasteiger partial charge in [0.05, 0.1) is 11.8 Å². The summed E-state index contributed by atoms with van der Waals surface area (Å²) in [5.41, 5.74) is 2.69. The monoisotopic (exact) mass is 217 g/mol. The highest BCUT2D eigenvalue weighted by Gasteiger charge is 2.10. The van der Waals surface area contributed by atoms with Gasteiger partial charge >= 0.3 is 0 Å². The molecule has 0 aliphatic carbocycles. The van der Waals surface area contributed by atoms with E-state index in [2.05, 4.69) is 10.1 Å². The molecule has 84 valence electrons. The summed E-state index contributed by atoms with van der Waals surface area (Å²) in [7, 11) is 1.87. The molecule has 0 fully saturated rings. The van der Waals surface area contributed by atoms with Gasteiger partial charge in [-0.2, -0.15) is 5.10 Å². The van der Waals surface area contributed by atoms with Crippen molar-refractivity contribution in [3.05, 3.63) is 47.5 Å². The van der Waals surface area contributed by atoms with Crippen molar-refractivity contribution in [1.82, 2.24) is 14.8 Å². The highest BCUT2D eigenvalue weighted by molar-refractivity contribution is 5.19. The average molecular weight is 217 g/mol. The van der Waals surface area contributed by atoms with E-state index < -0.39 is 6.10 Å². The number of aromatic nitrogens is 3. The van der Waals surface area contributed by atoms with Gasteiger partial charge in [0.1, 0.15) is 0 Å². The molecule has 1 unspecified atom stereocenters. The quantitative estimate of drug-likeness (QED) is 0.845. The van der Waals surface area contributed by atoms with Crippen LogP contribution in [0.25, 0.3) is 0 Å².